The van der Waals surface area contributed by atoms with Gasteiger partial charge in [0.15, 0.2) is 17.6 Å². The van der Waals surface area contributed by atoms with Gasteiger partial charge in [-0.25, -0.2) is 0 Å². The van der Waals surface area contributed by atoms with Crippen LogP contribution in [0.2, 0.25) is 0 Å². The minimum absolute atomic E-state index is 0.0801. The maximum absolute atomic E-state index is 12.4. The van der Waals surface area contributed by atoms with Crippen LogP contribution in [-0.2, 0) is 23.1 Å². The van der Waals surface area contributed by atoms with Crippen molar-refractivity contribution < 1.29 is 19.8 Å². The molecule has 178 valence electrons. The molecule has 0 aromatic heterocycles. The lowest BCUT2D eigenvalue weighted by molar-refractivity contribution is -0.167. The molecule has 2 aliphatic heterocycles. The zero-order chi connectivity index (χ0) is 22.9. The number of hydrogen-bond acceptors (Lipinski definition) is 6. The van der Waals surface area contributed by atoms with Crippen LogP contribution in [-0.4, -0.2) is 58.3 Å². The van der Waals surface area contributed by atoms with Crippen molar-refractivity contribution in [2.75, 3.05) is 19.7 Å². The van der Waals surface area contributed by atoms with Crippen molar-refractivity contribution >= 4 is 5.71 Å². The maximum atomic E-state index is 12.4. The zero-order valence-corrected chi connectivity index (χ0v) is 19.4. The predicted molar refractivity (Wildman–Crippen MR) is 128 cm³/mol. The van der Waals surface area contributed by atoms with Crippen LogP contribution in [0.15, 0.2) is 47.6 Å². The molecule has 5 aliphatic rings. The van der Waals surface area contributed by atoms with Gasteiger partial charge in [0.1, 0.15) is 6.61 Å². The fourth-order valence-corrected chi connectivity index (χ4v) is 7.31. The summed E-state index contributed by atoms with van der Waals surface area (Å²) in [6.45, 7) is 2.52. The number of nitrogens with zero attached hydrogens (tertiary/aromatic N) is 2. The molecule has 1 spiro atoms. The van der Waals surface area contributed by atoms with Gasteiger partial charge in [-0.1, -0.05) is 41.6 Å². The molecule has 2 saturated carbocycles. The zero-order valence-electron chi connectivity index (χ0n) is 19.4. The molecule has 6 heteroatoms. The molecule has 34 heavy (non-hydrogen) atoms. The van der Waals surface area contributed by atoms with Gasteiger partial charge in [0.25, 0.3) is 0 Å². The number of phenols is 1. The normalized spacial score (nSPS) is 34.6. The van der Waals surface area contributed by atoms with Gasteiger partial charge in [0.05, 0.1) is 16.7 Å². The van der Waals surface area contributed by atoms with Crippen LogP contribution < -0.4 is 4.74 Å². The molecule has 4 atom stereocenters. The Morgan fingerprint density at radius 3 is 2.79 bits per heavy atom. The highest BCUT2D eigenvalue weighted by molar-refractivity contribution is 5.94. The number of benzene rings is 2. The van der Waals surface area contributed by atoms with Gasteiger partial charge in [0.2, 0.25) is 0 Å². The largest absolute Gasteiger partial charge is 0.504 e. The van der Waals surface area contributed by atoms with Gasteiger partial charge < -0.3 is 19.8 Å². The molecule has 2 aromatic carbocycles. The minimum atomic E-state index is -0.889. The monoisotopic (exact) mass is 460 g/mol. The van der Waals surface area contributed by atoms with Crippen LogP contribution in [0, 0.1) is 5.92 Å². The molecule has 0 radical (unpaired) electrons. The van der Waals surface area contributed by atoms with Crippen molar-refractivity contribution in [3.05, 3.63) is 59.2 Å². The number of aromatic hydroxyl groups is 1. The van der Waals surface area contributed by atoms with Gasteiger partial charge in [-0.2, -0.15) is 0 Å². The van der Waals surface area contributed by atoms with Crippen LogP contribution in [0.1, 0.15) is 48.8 Å². The molecule has 2 N–H and O–H groups in total. The molecule has 0 amide bonds. The first kappa shape index (κ1) is 20.8. The summed E-state index contributed by atoms with van der Waals surface area (Å²) in [5.74, 6) is 1.49. The van der Waals surface area contributed by atoms with Crippen molar-refractivity contribution in [1.29, 1.82) is 0 Å². The molecular weight excluding hydrogens is 428 g/mol. The lowest BCUT2D eigenvalue weighted by Gasteiger charge is -2.63. The second-order valence-electron chi connectivity index (χ2n) is 10.9. The Hall–Kier alpha value is -2.57. The van der Waals surface area contributed by atoms with Crippen LogP contribution in [0.5, 0.6) is 11.5 Å². The van der Waals surface area contributed by atoms with Gasteiger partial charge in [-0.05, 0) is 68.2 Å². The predicted octanol–water partition coefficient (Wildman–Crippen LogP) is 3.57. The Morgan fingerprint density at radius 1 is 1.12 bits per heavy atom. The Bertz CT molecular complexity index is 1150. The average molecular weight is 461 g/mol. The van der Waals surface area contributed by atoms with E-state index < -0.39 is 17.1 Å². The molecule has 2 bridgehead atoms. The van der Waals surface area contributed by atoms with E-state index in [9.17, 15) is 10.2 Å². The molecule has 6 nitrogen and oxygen atoms in total. The maximum Gasteiger partial charge on any atom is 0.166 e. The van der Waals surface area contributed by atoms with E-state index in [0.29, 0.717) is 25.2 Å². The summed E-state index contributed by atoms with van der Waals surface area (Å²) < 4.78 is 6.49. The van der Waals surface area contributed by atoms with Crippen LogP contribution in [0.25, 0.3) is 0 Å². The summed E-state index contributed by atoms with van der Waals surface area (Å²) in [5, 5.41) is 27.7. The van der Waals surface area contributed by atoms with E-state index in [1.54, 1.807) is 6.07 Å². The van der Waals surface area contributed by atoms with E-state index in [0.717, 1.165) is 49.5 Å². The topological polar surface area (TPSA) is 74.5 Å². The smallest absolute Gasteiger partial charge is 0.166 e. The lowest BCUT2D eigenvalue weighted by atomic mass is 9.49. The summed E-state index contributed by atoms with van der Waals surface area (Å²) in [7, 11) is 0. The van der Waals surface area contributed by atoms with Crippen LogP contribution >= 0.6 is 0 Å². The quantitative estimate of drug-likeness (QED) is 0.509. The first-order valence-electron chi connectivity index (χ1n) is 12.8. The number of likely N-dealkylation sites (tertiary alicyclic amines) is 1. The van der Waals surface area contributed by atoms with Gasteiger partial charge in [0, 0.05) is 24.6 Å². The lowest BCUT2D eigenvalue weighted by Crippen LogP contribution is -2.76. The van der Waals surface area contributed by atoms with Gasteiger partial charge in [-0.3, -0.25) is 4.90 Å². The number of piperidine rings is 1. The van der Waals surface area contributed by atoms with E-state index in [2.05, 4.69) is 22.2 Å². The summed E-state index contributed by atoms with van der Waals surface area (Å²) in [6, 6.07) is 14.1. The second-order valence-corrected chi connectivity index (χ2v) is 10.9. The van der Waals surface area contributed by atoms with E-state index in [1.165, 1.54) is 24.0 Å². The van der Waals surface area contributed by atoms with Crippen LogP contribution in [0.4, 0.5) is 0 Å². The molecule has 7 rings (SSSR count). The highest BCUT2D eigenvalue weighted by Gasteiger charge is 2.72. The Labute approximate surface area is 200 Å². The number of aliphatic hydroxyl groups is 1. The summed E-state index contributed by atoms with van der Waals surface area (Å²) in [5.41, 5.74) is 2.85. The highest BCUT2D eigenvalue weighted by atomic mass is 16.6. The number of ether oxygens (including phenoxy) is 1. The van der Waals surface area contributed by atoms with Gasteiger partial charge in [-0.15, -0.1) is 0 Å². The molecule has 3 aliphatic carbocycles. The van der Waals surface area contributed by atoms with Gasteiger partial charge >= 0.3 is 0 Å². The third-order valence-corrected chi connectivity index (χ3v) is 9.08. The molecule has 1 unspecified atom stereocenters. The van der Waals surface area contributed by atoms with E-state index in [1.807, 2.05) is 24.3 Å². The van der Waals surface area contributed by atoms with E-state index >= 15 is 0 Å². The number of oxime groups is 1. The Morgan fingerprint density at radius 2 is 1.97 bits per heavy atom. The van der Waals surface area contributed by atoms with E-state index in [-0.39, 0.29) is 11.8 Å². The summed E-state index contributed by atoms with van der Waals surface area (Å²) in [4.78, 5) is 8.35. The Balaban J connectivity index is 1.23. The Kier molecular flexibility index (Phi) is 4.56. The second kappa shape index (κ2) is 7.46. The van der Waals surface area contributed by atoms with Crippen LogP contribution in [0.3, 0.4) is 0 Å². The van der Waals surface area contributed by atoms with E-state index in [4.69, 9.17) is 9.57 Å². The molecular formula is C28H32N2O4. The first-order chi connectivity index (χ1) is 16.6. The molecule has 2 aromatic rings. The summed E-state index contributed by atoms with van der Waals surface area (Å²) >= 11 is 0. The third-order valence-electron chi connectivity index (χ3n) is 9.08. The van der Waals surface area contributed by atoms with Crippen molar-refractivity contribution in [1.82, 2.24) is 4.90 Å². The first-order valence-corrected chi connectivity index (χ1v) is 12.8. The molecule has 3 fully saturated rings. The highest BCUT2D eigenvalue weighted by Crippen LogP contribution is 2.65. The average Bonchev–Trinajstić information content (AvgIpc) is 3.59. The van der Waals surface area contributed by atoms with Crippen molar-refractivity contribution in [3.8, 4) is 11.5 Å². The molecule has 1 saturated heterocycles. The summed E-state index contributed by atoms with van der Waals surface area (Å²) in [6.07, 6.45) is 5.93. The standard InChI is InChI=1S/C28H32N2O4/c31-22-9-8-20-16-23-28(32)12-10-21(29-33-15-11-18-4-2-1-3-5-18)26-27(28,24(20)25(22)34-26)13-14-30(23)17-19-6-7-19/h1-5,8-9,19,23,26,31-32H,6-7,10-17H2/t23-,26+,27+,28?/m1/s1. The van der Waals surface area contributed by atoms with Crippen molar-refractivity contribution in [3.63, 3.8) is 0 Å². The SMILES string of the molecule is Oc1ccc2c3c1O[C@H]1C(=NOCCc4ccccc4)CCC4(O)[C@@H](C2)N(CC2CC2)CC[C@]314. The van der Waals surface area contributed by atoms with Crippen molar-refractivity contribution in [2.24, 2.45) is 11.1 Å². The fraction of sp³-hybridized carbons (Fsp3) is 0.536. The molecule has 2 heterocycles. The van der Waals surface area contributed by atoms with Crippen molar-refractivity contribution in [2.45, 2.75) is 68.1 Å². The number of phenolic OH excluding ortho intramolecular Hbond substituents is 1. The number of rotatable bonds is 6. The number of hydrogen-bond donors (Lipinski definition) is 2. The fourth-order valence-electron chi connectivity index (χ4n) is 7.31. The minimum Gasteiger partial charge on any atom is -0.504 e. The third kappa shape index (κ3) is 2.85.